The quantitative estimate of drug-likeness (QED) is 0.664. The minimum absolute atomic E-state index is 0.00306. The predicted molar refractivity (Wildman–Crippen MR) is 92.4 cm³/mol. The second kappa shape index (κ2) is 7.62. The Bertz CT molecular complexity index is 438. The maximum absolute atomic E-state index is 12.2. The molecule has 0 fully saturated rings. The van der Waals surface area contributed by atoms with E-state index in [0.717, 1.165) is 14.6 Å². The molecule has 0 aliphatic carbocycles. The maximum atomic E-state index is 12.2. The molecule has 1 rings (SSSR count). The molecule has 0 aliphatic rings. The van der Waals surface area contributed by atoms with Gasteiger partial charge in [-0.3, -0.25) is 4.79 Å². The van der Waals surface area contributed by atoms with Crippen LogP contribution in [0.25, 0.3) is 0 Å². The molecular weight excluding hydrogens is 417 g/mol. The maximum Gasteiger partial charge on any atom is 0.252 e. The summed E-state index contributed by atoms with van der Waals surface area (Å²) in [7, 11) is 0. The van der Waals surface area contributed by atoms with Crippen LogP contribution < -0.4 is 5.32 Å². The highest BCUT2D eigenvalue weighted by Crippen LogP contribution is 2.21. The van der Waals surface area contributed by atoms with Crippen LogP contribution in [0.2, 0.25) is 0 Å². The van der Waals surface area contributed by atoms with Gasteiger partial charge in [0.15, 0.2) is 0 Å². The number of hydrogen-bond acceptors (Lipinski definition) is 1. The van der Waals surface area contributed by atoms with Crippen LogP contribution >= 0.6 is 38.5 Å². The van der Waals surface area contributed by atoms with Gasteiger partial charge in [-0.2, -0.15) is 0 Å². The average Bonchev–Trinajstić information content (AvgIpc) is 2.31. The van der Waals surface area contributed by atoms with E-state index in [2.05, 4.69) is 71.5 Å². The van der Waals surface area contributed by atoms with Crippen molar-refractivity contribution in [2.24, 2.45) is 17.8 Å². The largest absolute Gasteiger partial charge is 0.352 e. The molecule has 0 heterocycles. The van der Waals surface area contributed by atoms with Crippen molar-refractivity contribution in [2.75, 3.05) is 6.54 Å². The van der Waals surface area contributed by atoms with Crippen LogP contribution in [0.3, 0.4) is 0 Å². The van der Waals surface area contributed by atoms with Gasteiger partial charge in [-0.05, 0) is 74.5 Å². The summed E-state index contributed by atoms with van der Waals surface area (Å²) in [4.78, 5) is 12.2. The molecule has 0 aliphatic heterocycles. The molecule has 0 unspecified atom stereocenters. The first-order valence-electron chi connectivity index (χ1n) is 6.56. The van der Waals surface area contributed by atoms with Crippen molar-refractivity contribution in [3.05, 3.63) is 31.8 Å². The van der Waals surface area contributed by atoms with Gasteiger partial charge in [0.25, 0.3) is 5.91 Å². The SMILES string of the molecule is CC(C)C(CNC(=O)c1cc(I)ccc1Br)C(C)C. The first kappa shape index (κ1) is 17.0. The molecule has 2 nitrogen and oxygen atoms in total. The zero-order valence-electron chi connectivity index (χ0n) is 11.8. The van der Waals surface area contributed by atoms with Gasteiger partial charge in [0, 0.05) is 14.6 Å². The van der Waals surface area contributed by atoms with Crippen LogP contribution in [0.15, 0.2) is 22.7 Å². The Morgan fingerprint density at radius 2 is 1.84 bits per heavy atom. The second-order valence-corrected chi connectivity index (χ2v) is 7.59. The van der Waals surface area contributed by atoms with Gasteiger partial charge >= 0.3 is 0 Å². The molecule has 0 radical (unpaired) electrons. The van der Waals surface area contributed by atoms with Crippen molar-refractivity contribution < 1.29 is 4.79 Å². The third-order valence-corrected chi connectivity index (χ3v) is 4.75. The van der Waals surface area contributed by atoms with E-state index in [0.29, 0.717) is 23.3 Å². The van der Waals surface area contributed by atoms with Crippen LogP contribution in [0, 0.1) is 21.3 Å². The second-order valence-electron chi connectivity index (χ2n) is 5.49. The molecule has 106 valence electrons. The molecule has 0 bridgehead atoms. The number of amides is 1. The fraction of sp³-hybridized carbons (Fsp3) is 0.533. The Kier molecular flexibility index (Phi) is 6.80. The lowest BCUT2D eigenvalue weighted by Crippen LogP contribution is -2.34. The molecular formula is C15H21BrINO. The van der Waals surface area contributed by atoms with Crippen LogP contribution in [0.5, 0.6) is 0 Å². The van der Waals surface area contributed by atoms with Crippen molar-refractivity contribution in [3.63, 3.8) is 0 Å². The van der Waals surface area contributed by atoms with E-state index >= 15 is 0 Å². The van der Waals surface area contributed by atoms with E-state index in [-0.39, 0.29) is 5.91 Å². The summed E-state index contributed by atoms with van der Waals surface area (Å²) in [5.74, 6) is 1.64. The summed E-state index contributed by atoms with van der Waals surface area (Å²) < 4.78 is 1.91. The zero-order valence-corrected chi connectivity index (χ0v) is 15.6. The summed E-state index contributed by atoms with van der Waals surface area (Å²) in [6, 6.07) is 5.80. The Balaban J connectivity index is 2.72. The van der Waals surface area contributed by atoms with Gasteiger partial charge < -0.3 is 5.32 Å². The van der Waals surface area contributed by atoms with E-state index in [4.69, 9.17) is 0 Å². The molecule has 0 atom stereocenters. The minimum atomic E-state index is -0.00306. The minimum Gasteiger partial charge on any atom is -0.352 e. The van der Waals surface area contributed by atoms with E-state index in [9.17, 15) is 4.79 Å². The van der Waals surface area contributed by atoms with Crippen LogP contribution in [-0.2, 0) is 0 Å². The Hall–Kier alpha value is -0.100. The van der Waals surface area contributed by atoms with E-state index < -0.39 is 0 Å². The highest BCUT2D eigenvalue weighted by atomic mass is 127. The zero-order chi connectivity index (χ0) is 14.6. The Labute approximate surface area is 138 Å². The number of benzene rings is 1. The number of carbonyl (C=O) groups excluding carboxylic acids is 1. The van der Waals surface area contributed by atoms with Gasteiger partial charge in [-0.25, -0.2) is 0 Å². The van der Waals surface area contributed by atoms with Gasteiger partial charge in [-0.15, -0.1) is 0 Å². The molecule has 1 N–H and O–H groups in total. The van der Waals surface area contributed by atoms with Crippen molar-refractivity contribution >= 4 is 44.4 Å². The van der Waals surface area contributed by atoms with Crippen LogP contribution in [0.1, 0.15) is 38.1 Å². The monoisotopic (exact) mass is 437 g/mol. The molecule has 0 saturated heterocycles. The molecule has 0 saturated carbocycles. The highest BCUT2D eigenvalue weighted by Gasteiger charge is 2.19. The lowest BCUT2D eigenvalue weighted by atomic mass is 9.85. The fourth-order valence-corrected chi connectivity index (χ4v) is 3.14. The van der Waals surface area contributed by atoms with E-state index in [1.165, 1.54) is 0 Å². The smallest absolute Gasteiger partial charge is 0.252 e. The van der Waals surface area contributed by atoms with Crippen molar-refractivity contribution in [2.45, 2.75) is 27.7 Å². The van der Waals surface area contributed by atoms with Crippen LogP contribution in [-0.4, -0.2) is 12.5 Å². The highest BCUT2D eigenvalue weighted by molar-refractivity contribution is 14.1. The molecule has 4 heteroatoms. The topological polar surface area (TPSA) is 29.1 Å². The number of carbonyl (C=O) groups is 1. The van der Waals surface area contributed by atoms with Crippen molar-refractivity contribution in [1.82, 2.24) is 5.32 Å². The predicted octanol–water partition coefficient (Wildman–Crippen LogP) is 4.71. The molecule has 0 spiro atoms. The fourth-order valence-electron chi connectivity index (χ4n) is 2.22. The van der Waals surface area contributed by atoms with Gasteiger partial charge in [-0.1, -0.05) is 27.7 Å². The van der Waals surface area contributed by atoms with Gasteiger partial charge in [0.1, 0.15) is 0 Å². The summed E-state index contributed by atoms with van der Waals surface area (Å²) in [5, 5.41) is 3.06. The normalized spacial score (nSPS) is 11.4. The van der Waals surface area contributed by atoms with E-state index in [1.807, 2.05) is 18.2 Å². The van der Waals surface area contributed by atoms with Gasteiger partial charge in [0.05, 0.1) is 5.56 Å². The third kappa shape index (κ3) is 5.06. The molecule has 19 heavy (non-hydrogen) atoms. The molecule has 1 aromatic rings. The molecule has 1 aromatic carbocycles. The number of halogens is 2. The Morgan fingerprint density at radius 3 is 2.37 bits per heavy atom. The van der Waals surface area contributed by atoms with Crippen LogP contribution in [0.4, 0.5) is 0 Å². The summed E-state index contributed by atoms with van der Waals surface area (Å²) in [5.41, 5.74) is 0.707. The third-order valence-electron chi connectivity index (χ3n) is 3.38. The summed E-state index contributed by atoms with van der Waals surface area (Å²) >= 11 is 5.65. The lowest BCUT2D eigenvalue weighted by Gasteiger charge is -2.25. The van der Waals surface area contributed by atoms with Gasteiger partial charge in [0.2, 0.25) is 0 Å². The molecule has 1 amide bonds. The summed E-state index contributed by atoms with van der Waals surface area (Å²) in [6.45, 7) is 9.55. The number of rotatable bonds is 5. The molecule has 0 aromatic heterocycles. The number of hydrogen-bond donors (Lipinski definition) is 1. The number of nitrogens with one attached hydrogen (secondary N) is 1. The first-order chi connectivity index (χ1) is 8.82. The van der Waals surface area contributed by atoms with E-state index in [1.54, 1.807) is 0 Å². The first-order valence-corrected chi connectivity index (χ1v) is 8.43. The van der Waals surface area contributed by atoms with Crippen molar-refractivity contribution in [3.8, 4) is 0 Å². The van der Waals surface area contributed by atoms with Crippen molar-refractivity contribution in [1.29, 1.82) is 0 Å². The summed E-state index contributed by atoms with van der Waals surface area (Å²) in [6.07, 6.45) is 0. The standard InChI is InChI=1S/C15H21BrINO/c1-9(2)13(10(3)4)8-18-15(19)12-7-11(17)5-6-14(12)16/h5-7,9-10,13H,8H2,1-4H3,(H,18,19). The Morgan fingerprint density at radius 1 is 1.26 bits per heavy atom. The lowest BCUT2D eigenvalue weighted by molar-refractivity contribution is 0.0936. The average molecular weight is 438 g/mol.